The van der Waals surface area contributed by atoms with E-state index in [1.54, 1.807) is 13.0 Å². The van der Waals surface area contributed by atoms with Crippen molar-refractivity contribution in [3.8, 4) is 5.75 Å². The van der Waals surface area contributed by atoms with Crippen LogP contribution in [0.5, 0.6) is 5.75 Å². The number of Topliss-reactive ketones (excluding diaryl/α,β-unsaturated/α-hetero) is 1. The molecule has 0 heterocycles. The number of hydrogen-bond acceptors (Lipinski definition) is 17. The molecule has 61 heavy (non-hydrogen) atoms. The van der Waals surface area contributed by atoms with Crippen molar-refractivity contribution in [2.24, 2.45) is 28.6 Å². The Bertz CT molecular complexity index is 1930. The fourth-order valence-electron chi connectivity index (χ4n) is 9.86. The molecule has 0 aliphatic heterocycles. The second-order valence-corrected chi connectivity index (χ2v) is 16.3. The molecule has 0 radical (unpaired) electrons. The lowest BCUT2D eigenvalue weighted by Crippen LogP contribution is -2.63. The number of aliphatic hydroxyl groups is 1. The number of hydrogen-bond donors (Lipinski definition) is 2. The van der Waals surface area contributed by atoms with Gasteiger partial charge in [0.15, 0.2) is 18.0 Å². The Balaban J connectivity index is 1.24. The summed E-state index contributed by atoms with van der Waals surface area (Å²) in [5, 5.41) is 33.4. The van der Waals surface area contributed by atoms with Crippen molar-refractivity contribution < 1.29 is 72.7 Å². The molecular weight excluding hydrogens is 806 g/mol. The van der Waals surface area contributed by atoms with Gasteiger partial charge in [0.05, 0.1) is 25.9 Å². The summed E-state index contributed by atoms with van der Waals surface area (Å²) >= 11 is 0. The van der Waals surface area contributed by atoms with Gasteiger partial charge in [-0.05, 0) is 80.6 Å². The van der Waals surface area contributed by atoms with Crippen molar-refractivity contribution in [2.75, 3.05) is 26.4 Å². The van der Waals surface area contributed by atoms with Gasteiger partial charge in [0.2, 0.25) is 11.7 Å². The molecule has 20 heteroatoms. The number of carbonyl (C=O) groups excluding carboxylic acids is 6. The fraction of sp³-hybridized carbons (Fsp3) is 0.610. The maximum absolute atomic E-state index is 14.4. The maximum Gasteiger partial charge on any atom is 0.514 e. The minimum absolute atomic E-state index is 0.00869. The lowest BCUT2D eigenvalue weighted by atomic mass is 9.47. The first-order valence-corrected chi connectivity index (χ1v) is 20.1. The average molecular weight is 858 g/mol. The van der Waals surface area contributed by atoms with Gasteiger partial charge in [0.25, 0.3) is 10.2 Å². The fourth-order valence-corrected chi connectivity index (χ4v) is 9.86. The van der Waals surface area contributed by atoms with Gasteiger partial charge in [-0.1, -0.05) is 43.7 Å². The van der Waals surface area contributed by atoms with Crippen molar-refractivity contribution in [1.82, 2.24) is 5.32 Å². The van der Waals surface area contributed by atoms with Crippen molar-refractivity contribution in [1.29, 1.82) is 0 Å². The third-order valence-electron chi connectivity index (χ3n) is 12.6. The molecule has 1 aromatic rings. The Morgan fingerprint density at radius 1 is 0.967 bits per heavy atom. The minimum atomic E-state index is -1.84. The van der Waals surface area contributed by atoms with E-state index in [0.29, 0.717) is 24.8 Å². The lowest BCUT2D eigenvalue weighted by Gasteiger charge is -2.59. The van der Waals surface area contributed by atoms with Gasteiger partial charge in [-0.25, -0.2) is 9.59 Å². The highest BCUT2D eigenvalue weighted by molar-refractivity contribution is 5.94. The molecule has 20 nitrogen and oxygen atoms in total. The molecular formula is C41H51N3O17. The van der Waals surface area contributed by atoms with Crippen molar-refractivity contribution in [3.05, 3.63) is 73.9 Å². The van der Waals surface area contributed by atoms with Gasteiger partial charge in [-0.2, -0.15) is 0 Å². The Morgan fingerprint density at radius 3 is 2.31 bits per heavy atom. The van der Waals surface area contributed by atoms with Crippen LogP contribution in [0.1, 0.15) is 84.1 Å². The van der Waals surface area contributed by atoms with Crippen LogP contribution in [0.15, 0.2) is 48.1 Å². The third kappa shape index (κ3) is 10.7. The Morgan fingerprint density at radius 2 is 1.64 bits per heavy atom. The normalized spacial score (nSPS) is 27.7. The van der Waals surface area contributed by atoms with Gasteiger partial charge in [-0.15, -0.1) is 20.2 Å². The number of rotatable bonds is 20. The Labute approximate surface area is 350 Å². The molecule has 0 spiro atoms. The molecule has 0 bridgehead atoms. The van der Waals surface area contributed by atoms with Crippen LogP contribution < -0.4 is 10.1 Å². The number of amides is 1. The Hall–Kier alpha value is -5.92. The van der Waals surface area contributed by atoms with Crippen molar-refractivity contribution >= 4 is 35.6 Å². The highest BCUT2D eigenvalue weighted by Crippen LogP contribution is 2.67. The molecule has 1 amide bonds. The van der Waals surface area contributed by atoms with E-state index in [1.165, 1.54) is 31.2 Å². The van der Waals surface area contributed by atoms with E-state index >= 15 is 0 Å². The quantitative estimate of drug-likeness (QED) is 0.0358. The first-order chi connectivity index (χ1) is 28.9. The summed E-state index contributed by atoms with van der Waals surface area (Å²) in [6, 6.07) is 4.80. The van der Waals surface area contributed by atoms with E-state index in [2.05, 4.69) is 15.0 Å². The number of benzene rings is 1. The predicted octanol–water partition coefficient (Wildman–Crippen LogP) is 3.90. The van der Waals surface area contributed by atoms with Crippen molar-refractivity contribution in [2.45, 2.75) is 103 Å². The lowest BCUT2D eigenvalue weighted by molar-refractivity contribution is -0.757. The molecule has 332 valence electrons. The highest BCUT2D eigenvalue weighted by atomic mass is 17.0. The summed E-state index contributed by atoms with van der Waals surface area (Å²) in [5.74, 6) is -3.42. The summed E-state index contributed by atoms with van der Waals surface area (Å²) in [6.45, 7) is 3.59. The molecule has 4 aliphatic rings. The molecule has 8 atom stereocenters. The van der Waals surface area contributed by atoms with Crippen LogP contribution in [0, 0.1) is 48.8 Å². The summed E-state index contributed by atoms with van der Waals surface area (Å²) in [7, 11) is 0. The van der Waals surface area contributed by atoms with Gasteiger partial charge >= 0.3 is 18.1 Å². The number of unbranched alkanes of at least 4 members (excludes halogenated alkanes) is 1. The monoisotopic (exact) mass is 857 g/mol. The van der Waals surface area contributed by atoms with E-state index < -0.39 is 75.1 Å². The van der Waals surface area contributed by atoms with Crippen LogP contribution in [0.3, 0.4) is 0 Å². The summed E-state index contributed by atoms with van der Waals surface area (Å²) in [4.78, 5) is 107. The second kappa shape index (κ2) is 19.6. The van der Waals surface area contributed by atoms with Crippen LogP contribution in [-0.4, -0.2) is 95.0 Å². The van der Waals surface area contributed by atoms with Gasteiger partial charge < -0.3 is 39.0 Å². The number of ether oxygens (including phenoxy) is 4. The van der Waals surface area contributed by atoms with E-state index in [0.717, 1.165) is 5.57 Å². The highest BCUT2D eigenvalue weighted by Gasteiger charge is 2.70. The zero-order valence-electron chi connectivity index (χ0n) is 34.2. The van der Waals surface area contributed by atoms with E-state index in [1.807, 2.05) is 19.1 Å². The minimum Gasteiger partial charge on any atom is -0.464 e. The van der Waals surface area contributed by atoms with Crippen LogP contribution in [0.4, 0.5) is 4.79 Å². The third-order valence-corrected chi connectivity index (χ3v) is 12.6. The molecule has 2 fully saturated rings. The van der Waals surface area contributed by atoms with Crippen molar-refractivity contribution in [3.63, 3.8) is 0 Å². The molecule has 2 N–H and O–H groups in total. The molecule has 1 aromatic carbocycles. The van der Waals surface area contributed by atoms with E-state index in [4.69, 9.17) is 18.9 Å². The molecule has 4 aliphatic carbocycles. The predicted molar refractivity (Wildman–Crippen MR) is 207 cm³/mol. The van der Waals surface area contributed by atoms with Gasteiger partial charge in [-0.3, -0.25) is 19.2 Å². The van der Waals surface area contributed by atoms with Crippen LogP contribution in [0.2, 0.25) is 0 Å². The number of nitrogens with one attached hydrogen (secondary N) is 1. The maximum atomic E-state index is 14.4. The molecule has 2 unspecified atom stereocenters. The van der Waals surface area contributed by atoms with E-state index in [-0.39, 0.29) is 94.1 Å². The average Bonchev–Trinajstić information content (AvgIpc) is 3.48. The number of carbonyl (C=O) groups is 6. The summed E-state index contributed by atoms with van der Waals surface area (Å²) in [6.07, 6.45) is 4.79. The number of nitrogens with zero attached hydrogens (tertiary/aromatic N) is 2. The smallest absolute Gasteiger partial charge is 0.464 e. The molecule has 0 aromatic heterocycles. The summed E-state index contributed by atoms with van der Waals surface area (Å²) < 4.78 is 21.9. The summed E-state index contributed by atoms with van der Waals surface area (Å²) in [5.41, 5.74) is -2.06. The topological polar surface area (TPSA) is 276 Å². The van der Waals surface area contributed by atoms with Crippen LogP contribution in [-0.2, 0) is 54.3 Å². The number of aliphatic hydroxyl groups excluding tert-OH is 1. The first-order valence-electron chi connectivity index (χ1n) is 20.1. The van der Waals surface area contributed by atoms with Gasteiger partial charge in [0, 0.05) is 42.9 Å². The zero-order chi connectivity index (χ0) is 44.5. The SMILES string of the molecule is CC(=O)N[C@@H](Cc1ccc(OC(=O)OCC(=O)[C@@]2(OC(=O)CCCO[N+](=O)[O-])CCC3C4CC=C5CC(=O)C=C[C@]5(C)[C@H]4[C@@H](O)C[C@@]32C)cc1)C(=O)OCCCCO[N+](=O)[O-]. The number of esters is 2. The van der Waals surface area contributed by atoms with Crippen LogP contribution in [0.25, 0.3) is 0 Å². The second-order valence-electron chi connectivity index (χ2n) is 16.3. The number of ketones is 2. The first kappa shape index (κ1) is 46.2. The molecule has 0 saturated heterocycles. The standard InChI is InChI=1S/C41H51N3O17/c1-25(45)42-32(37(50)56-18-4-5-19-58-43(52)53)21-26-8-11-29(12-9-26)60-38(51)57-24-34(48)41(61-35(49)7-6-20-59-44(54)55)17-15-31-30-13-10-27-22-28(46)14-16-39(27,2)36(30)33(47)23-40(31,41)3/h8-12,14,16,30-33,36,47H,4-7,13,15,17-24H2,1-3H3,(H,42,45)/t30?,31?,32-,33-,36+,39-,40-,41-/m0/s1. The molecule has 5 rings (SSSR count). The van der Waals surface area contributed by atoms with Gasteiger partial charge in [0.1, 0.15) is 11.8 Å². The largest absolute Gasteiger partial charge is 0.514 e. The Kier molecular flexibility index (Phi) is 14.9. The van der Waals surface area contributed by atoms with Crippen LogP contribution >= 0.6 is 0 Å². The zero-order valence-corrected chi connectivity index (χ0v) is 34.2. The van der Waals surface area contributed by atoms with E-state index in [9.17, 15) is 54.1 Å². The molecule has 2 saturated carbocycles. The number of fused-ring (bicyclic) bond motifs is 5. The number of allylic oxidation sites excluding steroid dienone is 4.